The quantitative estimate of drug-likeness (QED) is 0.381. The van der Waals surface area contributed by atoms with Gasteiger partial charge in [0.2, 0.25) is 0 Å². The third-order valence-corrected chi connectivity index (χ3v) is 16.0. The van der Waals surface area contributed by atoms with Crippen molar-refractivity contribution in [2.24, 2.45) is 5.92 Å². The van der Waals surface area contributed by atoms with Gasteiger partial charge in [-0.25, -0.2) is 0 Å². The molecule has 25 heavy (non-hydrogen) atoms. The normalized spacial score (nSPS) is 29.4. The van der Waals surface area contributed by atoms with Gasteiger partial charge in [-0.1, -0.05) is 13.1 Å². The number of rotatable bonds is 10. The molecule has 0 aromatic rings. The summed E-state index contributed by atoms with van der Waals surface area (Å²) in [6, 6.07) is 1.10. The molecule has 4 unspecified atom stereocenters. The predicted octanol–water partition coefficient (Wildman–Crippen LogP) is 4.63. The van der Waals surface area contributed by atoms with Crippen molar-refractivity contribution in [1.29, 1.82) is 0 Å². The standard InChI is InChI=1S/C17H40O4Si4/c1-22(2)14-18-24(6,7)21-25(8,20-23(3,4)5)12-11-15-9-10-16-17(13-15)19-16/h15-17,22H,9-14H2,1-8H3. The summed E-state index contributed by atoms with van der Waals surface area (Å²) < 4.78 is 25.4. The zero-order valence-corrected chi connectivity index (χ0v) is 21.8. The first-order chi connectivity index (χ1) is 11.4. The summed E-state index contributed by atoms with van der Waals surface area (Å²) in [5.74, 6) is 0.790. The van der Waals surface area contributed by atoms with Gasteiger partial charge in [-0.15, -0.1) is 0 Å². The molecule has 0 radical (unpaired) electrons. The van der Waals surface area contributed by atoms with E-state index in [0.29, 0.717) is 12.2 Å². The second-order valence-electron chi connectivity index (χ2n) is 9.99. The highest BCUT2D eigenvalue weighted by atomic mass is 28.5. The van der Waals surface area contributed by atoms with Crippen molar-refractivity contribution < 1.29 is 17.4 Å². The summed E-state index contributed by atoms with van der Waals surface area (Å²) in [4.78, 5) is 0. The highest BCUT2D eigenvalue weighted by Gasteiger charge is 2.46. The van der Waals surface area contributed by atoms with E-state index in [0.717, 1.165) is 18.2 Å². The van der Waals surface area contributed by atoms with Crippen LogP contribution in [0.4, 0.5) is 0 Å². The SMILES string of the molecule is C[SiH](C)CO[Si](C)(C)O[Si](C)(CCC1CCC2OC2C1)O[Si](C)(C)C. The van der Waals surface area contributed by atoms with E-state index in [1.54, 1.807) is 0 Å². The first-order valence-electron chi connectivity index (χ1n) is 10.1. The van der Waals surface area contributed by atoms with E-state index >= 15 is 0 Å². The van der Waals surface area contributed by atoms with Gasteiger partial charge in [0.15, 0.2) is 8.32 Å². The second-order valence-corrected chi connectivity index (χ2v) is 24.8. The van der Waals surface area contributed by atoms with Gasteiger partial charge >= 0.3 is 17.1 Å². The Morgan fingerprint density at radius 1 is 0.960 bits per heavy atom. The van der Waals surface area contributed by atoms with Gasteiger partial charge in [-0.3, -0.25) is 0 Å². The van der Waals surface area contributed by atoms with Crippen LogP contribution in [0.15, 0.2) is 0 Å². The first-order valence-corrected chi connectivity index (χ1v) is 21.9. The molecule has 8 heteroatoms. The zero-order chi connectivity index (χ0) is 18.9. The largest absolute Gasteiger partial charge is 0.437 e. The highest BCUT2D eigenvalue weighted by Crippen LogP contribution is 2.42. The maximum atomic E-state index is 6.74. The van der Waals surface area contributed by atoms with Gasteiger partial charge < -0.3 is 17.4 Å². The monoisotopic (exact) mass is 420 g/mol. The van der Waals surface area contributed by atoms with Crippen LogP contribution in [0.25, 0.3) is 0 Å². The molecule has 0 N–H and O–H groups in total. The number of ether oxygens (including phenoxy) is 1. The summed E-state index contributed by atoms with van der Waals surface area (Å²) >= 11 is 0. The molecule has 1 saturated carbocycles. The van der Waals surface area contributed by atoms with E-state index in [-0.39, 0.29) is 0 Å². The minimum Gasteiger partial charge on any atom is -0.437 e. The average Bonchev–Trinajstić information content (AvgIpc) is 3.19. The Kier molecular flexibility index (Phi) is 7.38. The maximum Gasteiger partial charge on any atom is 0.322 e. The molecular formula is C17H40O4Si4. The van der Waals surface area contributed by atoms with Crippen LogP contribution >= 0.6 is 0 Å². The van der Waals surface area contributed by atoms with Crippen molar-refractivity contribution in [3.63, 3.8) is 0 Å². The van der Waals surface area contributed by atoms with Crippen molar-refractivity contribution in [1.82, 2.24) is 0 Å². The van der Waals surface area contributed by atoms with E-state index in [9.17, 15) is 0 Å². The predicted molar refractivity (Wildman–Crippen MR) is 115 cm³/mol. The molecule has 0 spiro atoms. The van der Waals surface area contributed by atoms with E-state index in [1.807, 2.05) is 0 Å². The molecule has 4 atom stereocenters. The molecule has 0 amide bonds. The van der Waals surface area contributed by atoms with E-state index in [1.165, 1.54) is 25.7 Å². The lowest BCUT2D eigenvalue weighted by molar-refractivity contribution is 0.257. The van der Waals surface area contributed by atoms with Crippen LogP contribution in [0, 0.1) is 5.92 Å². The third-order valence-electron chi connectivity index (χ3n) is 4.87. The maximum absolute atomic E-state index is 6.74. The van der Waals surface area contributed by atoms with Crippen molar-refractivity contribution >= 4 is 34.2 Å². The summed E-state index contributed by atoms with van der Waals surface area (Å²) in [6.45, 7) is 18.2. The fourth-order valence-electron chi connectivity index (χ4n) is 3.90. The van der Waals surface area contributed by atoms with Gasteiger partial charge in [0.05, 0.1) is 21.0 Å². The number of hydrogen-bond donors (Lipinski definition) is 0. The Labute approximate surface area is 160 Å². The highest BCUT2D eigenvalue weighted by molar-refractivity contribution is 6.86. The number of epoxide rings is 1. The lowest BCUT2D eigenvalue weighted by atomic mass is 9.88. The molecule has 1 heterocycles. The van der Waals surface area contributed by atoms with Crippen LogP contribution in [0.2, 0.25) is 58.4 Å². The Morgan fingerprint density at radius 2 is 1.64 bits per heavy atom. The molecule has 4 nitrogen and oxygen atoms in total. The van der Waals surface area contributed by atoms with Crippen LogP contribution in [0.5, 0.6) is 0 Å². The molecule has 2 rings (SSSR count). The molecule has 1 aliphatic heterocycles. The van der Waals surface area contributed by atoms with Crippen LogP contribution < -0.4 is 0 Å². The fourth-order valence-corrected chi connectivity index (χ4v) is 18.7. The van der Waals surface area contributed by atoms with Crippen molar-refractivity contribution in [2.45, 2.75) is 96.3 Å². The van der Waals surface area contributed by atoms with Gasteiger partial charge in [0.1, 0.15) is 0 Å². The minimum absolute atomic E-state index is 0.565. The minimum atomic E-state index is -2.21. The summed E-state index contributed by atoms with van der Waals surface area (Å²) in [5, 5.41) is 0. The van der Waals surface area contributed by atoms with Gasteiger partial charge in [0, 0.05) is 6.23 Å². The molecule has 1 aliphatic carbocycles. The molecule has 148 valence electrons. The Morgan fingerprint density at radius 3 is 2.20 bits per heavy atom. The topological polar surface area (TPSA) is 40.2 Å². The zero-order valence-electron chi connectivity index (χ0n) is 17.7. The summed E-state index contributed by atoms with van der Waals surface area (Å²) in [7, 11) is -6.70. The van der Waals surface area contributed by atoms with Crippen LogP contribution in [0.1, 0.15) is 25.7 Å². The fraction of sp³-hybridized carbons (Fsp3) is 1.00. The average molecular weight is 421 g/mol. The Balaban J connectivity index is 1.94. The molecule has 2 aliphatic rings. The molecule has 0 bridgehead atoms. The Hall–Kier alpha value is 0.708. The molecule has 2 fully saturated rings. The van der Waals surface area contributed by atoms with Gasteiger partial charge in [0.25, 0.3) is 0 Å². The lowest BCUT2D eigenvalue weighted by Gasteiger charge is -2.40. The van der Waals surface area contributed by atoms with Crippen LogP contribution in [-0.4, -0.2) is 52.7 Å². The summed E-state index contributed by atoms with van der Waals surface area (Å²) in [5.41, 5.74) is 0. The van der Waals surface area contributed by atoms with Crippen LogP contribution in [-0.2, 0) is 17.4 Å². The van der Waals surface area contributed by atoms with E-state index in [4.69, 9.17) is 17.4 Å². The third kappa shape index (κ3) is 8.08. The molecule has 1 saturated heterocycles. The van der Waals surface area contributed by atoms with Crippen LogP contribution in [0.3, 0.4) is 0 Å². The van der Waals surface area contributed by atoms with Crippen molar-refractivity contribution in [3.05, 3.63) is 0 Å². The number of fused-ring (bicyclic) bond motifs is 1. The van der Waals surface area contributed by atoms with Gasteiger partial charge in [-0.05, 0) is 76.9 Å². The van der Waals surface area contributed by atoms with Crippen molar-refractivity contribution in [3.8, 4) is 0 Å². The second kappa shape index (κ2) is 8.38. The summed E-state index contributed by atoms with van der Waals surface area (Å²) in [6.07, 6.45) is 7.12. The smallest absolute Gasteiger partial charge is 0.322 e. The Bertz CT molecular complexity index is 441. The van der Waals surface area contributed by atoms with E-state index in [2.05, 4.69) is 52.4 Å². The van der Waals surface area contributed by atoms with Crippen molar-refractivity contribution in [2.75, 3.05) is 6.23 Å². The van der Waals surface area contributed by atoms with Gasteiger partial charge in [-0.2, -0.15) is 0 Å². The number of hydrogen-bond acceptors (Lipinski definition) is 4. The molecule has 0 aromatic heterocycles. The molecular weight excluding hydrogens is 381 g/mol. The first kappa shape index (κ1) is 22.0. The lowest BCUT2D eigenvalue weighted by Crippen LogP contribution is -2.55. The van der Waals surface area contributed by atoms with E-state index < -0.39 is 34.2 Å². The molecule has 0 aromatic carbocycles.